The molecule has 0 aliphatic heterocycles. The third kappa shape index (κ3) is 5.83. The van der Waals surface area contributed by atoms with E-state index in [0.29, 0.717) is 36.0 Å². The number of rotatable bonds is 10. The molecular weight excluding hydrogens is 554 g/mol. The minimum atomic E-state index is -4.61. The quantitative estimate of drug-likeness (QED) is 0.204. The van der Waals surface area contributed by atoms with Gasteiger partial charge >= 0.3 is 5.97 Å². The fourth-order valence-electron chi connectivity index (χ4n) is 4.85. The number of sulfone groups is 1. The van der Waals surface area contributed by atoms with Gasteiger partial charge < -0.3 is 9.84 Å². The highest BCUT2D eigenvalue weighted by molar-refractivity contribution is 7.91. The molecule has 2 heterocycles. The van der Waals surface area contributed by atoms with Crippen LogP contribution in [0.1, 0.15) is 66.5 Å². The van der Waals surface area contributed by atoms with E-state index in [-0.39, 0.29) is 11.4 Å². The van der Waals surface area contributed by atoms with E-state index in [1.807, 2.05) is 19.9 Å². The number of pyridine rings is 1. The van der Waals surface area contributed by atoms with Crippen molar-refractivity contribution in [2.24, 2.45) is 0 Å². The summed E-state index contributed by atoms with van der Waals surface area (Å²) in [6.07, 6.45) is 9.17. The maximum absolute atomic E-state index is 13.8. The van der Waals surface area contributed by atoms with Gasteiger partial charge in [-0.2, -0.15) is 4.98 Å². The Kier molecular flexibility index (Phi) is 9.23. The first kappa shape index (κ1) is 30.2. The maximum atomic E-state index is 13.8. The molecule has 0 spiro atoms. The van der Waals surface area contributed by atoms with Crippen LogP contribution in [0.25, 0.3) is 11.1 Å². The van der Waals surface area contributed by atoms with Gasteiger partial charge in [-0.3, -0.25) is 9.36 Å². The van der Waals surface area contributed by atoms with Gasteiger partial charge in [0.05, 0.1) is 18.7 Å². The van der Waals surface area contributed by atoms with Crippen LogP contribution in [-0.4, -0.2) is 41.1 Å². The molecule has 1 N–H and O–H groups in total. The number of ether oxygens (including phenoxy) is 1. The van der Waals surface area contributed by atoms with Crippen molar-refractivity contribution < 1.29 is 23.1 Å². The van der Waals surface area contributed by atoms with Crippen molar-refractivity contribution in [1.82, 2.24) is 14.5 Å². The number of hydrogen-bond donors (Lipinski definition) is 1. The predicted molar refractivity (Wildman–Crippen MR) is 158 cm³/mol. The van der Waals surface area contributed by atoms with Crippen LogP contribution in [0.3, 0.4) is 0 Å². The molecule has 0 fully saturated rings. The van der Waals surface area contributed by atoms with Gasteiger partial charge in [0, 0.05) is 23.7 Å². The first-order valence-corrected chi connectivity index (χ1v) is 15.0. The zero-order valence-electron chi connectivity index (χ0n) is 23.6. The number of unbranched alkanes of at least 4 members (excludes halogenated alkanes) is 1. The van der Waals surface area contributed by atoms with Gasteiger partial charge in [-0.05, 0) is 54.3 Å². The second-order valence-electron chi connectivity index (χ2n) is 9.58. The number of aromatic nitrogens is 3. The largest absolute Gasteiger partial charge is 0.493 e. The second-order valence-corrected chi connectivity index (χ2v) is 11.4. The Morgan fingerprint density at radius 3 is 2.52 bits per heavy atom. The summed E-state index contributed by atoms with van der Waals surface area (Å²) >= 11 is 0. The van der Waals surface area contributed by atoms with Gasteiger partial charge in [-0.25, -0.2) is 18.2 Å². The smallest absolute Gasteiger partial charge is 0.338 e. The number of carbonyl (C=O) groups excluding carboxylic acids is 1. The van der Waals surface area contributed by atoms with Gasteiger partial charge in [0.2, 0.25) is 20.6 Å². The zero-order valence-corrected chi connectivity index (χ0v) is 24.4. The summed E-state index contributed by atoms with van der Waals surface area (Å²) in [6, 6.07) is 16.0. The lowest BCUT2D eigenvalue weighted by Gasteiger charge is -2.25. The van der Waals surface area contributed by atoms with E-state index >= 15 is 0 Å². The summed E-state index contributed by atoms with van der Waals surface area (Å²) in [5.41, 5.74) is 1.53. The molecule has 0 unspecified atom stereocenters. The second kappa shape index (κ2) is 12.8. The van der Waals surface area contributed by atoms with Crippen molar-refractivity contribution in [2.75, 3.05) is 7.11 Å². The van der Waals surface area contributed by atoms with E-state index < -0.39 is 43.2 Å². The molecule has 4 rings (SSSR count). The standard InChI is InChI=1S/C32H31N3O6S/c1-5-8-16-27-34-30(36)29(31(37)35(27)26(7-3)22-13-11-12-21(6-2)19-22)42(39,40)28-18-17-23(20-33-28)24-14-9-10-15-25(24)32(38)41-4/h2,9-15,17-20,26,37H,5,7-8,16H2,1,3-4H3/t26-/m0/s1. The van der Waals surface area contributed by atoms with Crippen molar-refractivity contribution >= 4 is 15.8 Å². The van der Waals surface area contributed by atoms with Crippen molar-refractivity contribution in [3.05, 3.63) is 99.7 Å². The molecule has 1 atom stereocenters. The SMILES string of the molecule is C#Cc1cccc([C@H](CC)n2c(CCCC)nc(=O)c(S(=O)(=O)c3ccc(-c4ccccc4C(=O)OC)cn3)c2O)c1. The van der Waals surface area contributed by atoms with Crippen LogP contribution in [0, 0.1) is 12.3 Å². The highest BCUT2D eigenvalue weighted by Gasteiger charge is 2.32. The summed E-state index contributed by atoms with van der Waals surface area (Å²) in [6.45, 7) is 3.86. The lowest BCUT2D eigenvalue weighted by molar-refractivity contribution is 0.0601. The summed E-state index contributed by atoms with van der Waals surface area (Å²) in [7, 11) is -3.34. The Morgan fingerprint density at radius 1 is 1.12 bits per heavy atom. The summed E-state index contributed by atoms with van der Waals surface area (Å²) in [4.78, 5) is 32.8. The molecule has 4 aromatic rings. The number of hydrogen-bond acceptors (Lipinski definition) is 8. The molecule has 216 valence electrons. The van der Waals surface area contributed by atoms with E-state index in [1.165, 1.54) is 30.0 Å². The number of esters is 1. The van der Waals surface area contributed by atoms with Gasteiger partial charge in [-0.1, -0.05) is 56.5 Å². The van der Waals surface area contributed by atoms with Crippen LogP contribution >= 0.6 is 0 Å². The van der Waals surface area contributed by atoms with E-state index in [0.717, 1.165) is 12.0 Å². The third-order valence-corrected chi connectivity index (χ3v) is 8.64. The zero-order chi connectivity index (χ0) is 30.4. The topological polar surface area (TPSA) is 128 Å². The van der Waals surface area contributed by atoms with E-state index in [1.54, 1.807) is 42.5 Å². The van der Waals surface area contributed by atoms with Gasteiger partial charge in [0.1, 0.15) is 5.82 Å². The number of carbonyl (C=O) groups is 1. The summed E-state index contributed by atoms with van der Waals surface area (Å²) in [5.74, 6) is 1.60. The van der Waals surface area contributed by atoms with E-state index in [2.05, 4.69) is 15.9 Å². The first-order chi connectivity index (χ1) is 20.2. The van der Waals surface area contributed by atoms with Crippen LogP contribution in [0.2, 0.25) is 0 Å². The molecule has 0 bridgehead atoms. The molecule has 9 nitrogen and oxygen atoms in total. The molecule has 2 aromatic carbocycles. The molecule has 10 heteroatoms. The average Bonchev–Trinajstić information content (AvgIpc) is 3.01. The summed E-state index contributed by atoms with van der Waals surface area (Å²) < 4.78 is 33.8. The molecule has 2 aromatic heterocycles. The van der Waals surface area contributed by atoms with Gasteiger partial charge in [-0.15, -0.1) is 6.42 Å². The fourth-order valence-corrected chi connectivity index (χ4v) is 6.11. The third-order valence-electron chi connectivity index (χ3n) is 6.95. The lowest BCUT2D eigenvalue weighted by Crippen LogP contribution is -2.27. The minimum Gasteiger partial charge on any atom is -0.493 e. The number of nitrogens with zero attached hydrogens (tertiary/aromatic N) is 3. The number of benzene rings is 2. The number of aromatic hydroxyl groups is 1. The molecular formula is C32H31N3O6S. The Morgan fingerprint density at radius 2 is 1.88 bits per heavy atom. The van der Waals surface area contributed by atoms with Crippen molar-refractivity contribution in [3.63, 3.8) is 0 Å². The van der Waals surface area contributed by atoms with Crippen LogP contribution in [0.15, 0.2) is 81.6 Å². The highest BCUT2D eigenvalue weighted by Crippen LogP contribution is 2.34. The number of aryl methyl sites for hydroxylation is 1. The number of terminal acetylenes is 1. The predicted octanol–water partition coefficient (Wildman–Crippen LogP) is 4.95. The van der Waals surface area contributed by atoms with Crippen molar-refractivity contribution in [2.45, 2.75) is 55.5 Å². The molecule has 0 amide bonds. The molecule has 0 saturated heterocycles. The Balaban J connectivity index is 1.86. The minimum absolute atomic E-state index is 0.277. The Hall–Kier alpha value is -4.75. The molecule has 42 heavy (non-hydrogen) atoms. The molecule has 0 aliphatic carbocycles. The number of methoxy groups -OCH3 is 1. The van der Waals surface area contributed by atoms with E-state index in [9.17, 15) is 23.1 Å². The van der Waals surface area contributed by atoms with Crippen LogP contribution in [0.5, 0.6) is 5.88 Å². The van der Waals surface area contributed by atoms with Gasteiger partial charge in [0.15, 0.2) is 5.03 Å². The average molecular weight is 586 g/mol. The van der Waals surface area contributed by atoms with Crippen molar-refractivity contribution in [3.8, 4) is 29.4 Å². The molecule has 0 aliphatic rings. The highest BCUT2D eigenvalue weighted by atomic mass is 32.2. The lowest BCUT2D eigenvalue weighted by atomic mass is 10.0. The normalized spacial score (nSPS) is 12.0. The van der Waals surface area contributed by atoms with Crippen LogP contribution < -0.4 is 5.56 Å². The monoisotopic (exact) mass is 585 g/mol. The Labute approximate surface area is 244 Å². The van der Waals surface area contributed by atoms with Gasteiger partial charge in [0.25, 0.3) is 5.56 Å². The molecule has 0 saturated carbocycles. The van der Waals surface area contributed by atoms with Crippen molar-refractivity contribution in [1.29, 1.82) is 0 Å². The fraction of sp³-hybridized carbons (Fsp3) is 0.250. The van der Waals surface area contributed by atoms with Crippen LogP contribution in [0.4, 0.5) is 0 Å². The summed E-state index contributed by atoms with van der Waals surface area (Å²) in [5, 5.41) is 11.1. The first-order valence-electron chi connectivity index (χ1n) is 13.5. The van der Waals surface area contributed by atoms with Crippen LogP contribution in [-0.2, 0) is 21.0 Å². The van der Waals surface area contributed by atoms with E-state index in [4.69, 9.17) is 11.2 Å². The Bertz CT molecular complexity index is 1820. The molecule has 0 radical (unpaired) electrons. The maximum Gasteiger partial charge on any atom is 0.338 e.